The highest BCUT2D eigenvalue weighted by molar-refractivity contribution is 6.29. The molecule has 0 saturated carbocycles. The summed E-state index contributed by atoms with van der Waals surface area (Å²) in [6, 6.07) is 26.3. The average molecular weight is 517 g/mol. The van der Waals surface area contributed by atoms with Gasteiger partial charge in [-0.05, 0) is 30.3 Å². The molecule has 4 aromatic carbocycles. The van der Waals surface area contributed by atoms with Gasteiger partial charge in [-0.25, -0.2) is 4.79 Å². The van der Waals surface area contributed by atoms with E-state index in [4.69, 9.17) is 4.52 Å². The Morgan fingerprint density at radius 2 is 1.49 bits per heavy atom. The molecule has 2 N–H and O–H groups in total. The molecule has 7 rings (SSSR count). The summed E-state index contributed by atoms with van der Waals surface area (Å²) in [5.41, 5.74) is 5.40. The minimum absolute atomic E-state index is 0.122. The molecule has 8 heteroatoms. The third-order valence-electron chi connectivity index (χ3n) is 7.55. The Morgan fingerprint density at radius 3 is 2.26 bits per heavy atom. The summed E-state index contributed by atoms with van der Waals surface area (Å²) >= 11 is 0. The highest BCUT2D eigenvalue weighted by Gasteiger charge is 2.34. The lowest BCUT2D eigenvalue weighted by molar-refractivity contribution is 0.0697. The summed E-state index contributed by atoms with van der Waals surface area (Å²) in [6.07, 6.45) is 0. The molecule has 8 nitrogen and oxygen atoms in total. The van der Waals surface area contributed by atoms with Crippen molar-refractivity contribution in [3.05, 3.63) is 102 Å². The minimum atomic E-state index is -1.05. The first kappa shape index (κ1) is 23.0. The average Bonchev–Trinajstić information content (AvgIpc) is 3.42. The van der Waals surface area contributed by atoms with Crippen LogP contribution in [0.25, 0.3) is 22.2 Å². The Kier molecular flexibility index (Phi) is 5.33. The molecule has 39 heavy (non-hydrogen) atoms. The van der Waals surface area contributed by atoms with Crippen molar-refractivity contribution in [2.45, 2.75) is 0 Å². The predicted octanol–water partition coefficient (Wildman–Crippen LogP) is 5.81. The number of rotatable bonds is 5. The molecule has 0 spiro atoms. The van der Waals surface area contributed by atoms with Gasteiger partial charge in [0.2, 0.25) is 0 Å². The number of aromatic nitrogens is 1. The highest BCUT2D eigenvalue weighted by Crippen LogP contribution is 2.46. The number of fused-ring (bicyclic) bond motifs is 2. The first-order chi connectivity index (χ1) is 19.1. The van der Waals surface area contributed by atoms with Crippen LogP contribution in [0.3, 0.4) is 0 Å². The third-order valence-corrected chi connectivity index (χ3v) is 7.55. The Hall–Kier alpha value is -5.11. The van der Waals surface area contributed by atoms with Gasteiger partial charge in [-0.2, -0.15) is 0 Å². The first-order valence-electron chi connectivity index (χ1n) is 12.8. The van der Waals surface area contributed by atoms with Crippen molar-refractivity contribution in [1.82, 2.24) is 5.16 Å². The molecule has 0 amide bonds. The number of nitrogens with zero attached hydrogens (tertiary/aromatic N) is 3. The number of carbonyl (C=O) groups excluding carboxylic acids is 1. The molecule has 5 aromatic rings. The summed E-state index contributed by atoms with van der Waals surface area (Å²) in [4.78, 5) is 30.4. The van der Waals surface area contributed by atoms with Crippen LogP contribution in [0.2, 0.25) is 0 Å². The van der Waals surface area contributed by atoms with Crippen LogP contribution < -0.4 is 15.1 Å². The fraction of sp³-hybridized carbons (Fsp3) is 0.129. The number of piperazine rings is 1. The molecule has 2 heterocycles. The van der Waals surface area contributed by atoms with E-state index in [0.29, 0.717) is 44.7 Å². The van der Waals surface area contributed by atoms with Gasteiger partial charge < -0.3 is 24.7 Å². The second kappa shape index (κ2) is 9.02. The van der Waals surface area contributed by atoms with Crippen LogP contribution in [0.15, 0.2) is 89.5 Å². The second-order valence-electron chi connectivity index (χ2n) is 9.71. The number of carboxylic acid groups (broad SMARTS) is 1. The van der Waals surface area contributed by atoms with Crippen LogP contribution in [0, 0.1) is 0 Å². The summed E-state index contributed by atoms with van der Waals surface area (Å²) in [6.45, 7) is 3.15. The zero-order valence-corrected chi connectivity index (χ0v) is 20.9. The maximum absolute atomic E-state index is 13.9. The number of hydrogen-bond acceptors (Lipinski definition) is 7. The lowest BCUT2D eigenvalue weighted by Crippen LogP contribution is -2.46. The zero-order valence-electron chi connectivity index (χ0n) is 20.9. The molecular formula is C31H24N4O4. The van der Waals surface area contributed by atoms with E-state index in [1.807, 2.05) is 42.5 Å². The van der Waals surface area contributed by atoms with E-state index >= 15 is 0 Å². The van der Waals surface area contributed by atoms with Gasteiger partial charge in [0.05, 0.1) is 33.6 Å². The summed E-state index contributed by atoms with van der Waals surface area (Å²) in [5.74, 6) is -0.649. The fourth-order valence-electron chi connectivity index (χ4n) is 5.65. The van der Waals surface area contributed by atoms with Gasteiger partial charge in [-0.3, -0.25) is 4.79 Å². The molecule has 1 aromatic heterocycles. The van der Waals surface area contributed by atoms with Gasteiger partial charge in [-0.15, -0.1) is 0 Å². The van der Waals surface area contributed by atoms with Crippen molar-refractivity contribution < 1.29 is 19.2 Å². The van der Waals surface area contributed by atoms with E-state index in [2.05, 4.69) is 32.4 Å². The van der Waals surface area contributed by atoms with Gasteiger partial charge in [0.25, 0.3) is 0 Å². The largest absolute Gasteiger partial charge is 0.478 e. The Bertz CT molecular complexity index is 1750. The molecule has 1 aliphatic carbocycles. The second-order valence-corrected chi connectivity index (χ2v) is 9.71. The van der Waals surface area contributed by atoms with Gasteiger partial charge in [0.15, 0.2) is 11.5 Å². The van der Waals surface area contributed by atoms with E-state index < -0.39 is 5.97 Å². The number of ketones is 1. The Morgan fingerprint density at radius 1 is 0.821 bits per heavy atom. The van der Waals surface area contributed by atoms with Crippen molar-refractivity contribution in [2.24, 2.45) is 0 Å². The maximum Gasteiger partial charge on any atom is 0.337 e. The predicted molar refractivity (Wildman–Crippen MR) is 150 cm³/mol. The van der Waals surface area contributed by atoms with Gasteiger partial charge in [0, 0.05) is 43.0 Å². The summed E-state index contributed by atoms with van der Waals surface area (Å²) in [5, 5.41) is 18.2. The number of para-hydroxylation sites is 2. The first-order valence-corrected chi connectivity index (χ1v) is 12.8. The molecule has 1 saturated heterocycles. The number of aromatic carboxylic acids is 1. The van der Waals surface area contributed by atoms with Crippen molar-refractivity contribution in [3.8, 4) is 11.3 Å². The van der Waals surface area contributed by atoms with E-state index in [0.717, 1.165) is 31.9 Å². The number of carbonyl (C=O) groups is 2. The highest BCUT2D eigenvalue weighted by atomic mass is 16.5. The van der Waals surface area contributed by atoms with E-state index in [-0.39, 0.29) is 11.3 Å². The normalized spacial score (nSPS) is 14.4. The quantitative estimate of drug-likeness (QED) is 0.296. The molecule has 0 bridgehead atoms. The molecule has 1 fully saturated rings. The molecule has 0 radical (unpaired) electrons. The zero-order chi connectivity index (χ0) is 26.5. The standard InChI is InChI=1S/C31H24N4O4/c36-29-20-10-4-5-11-21(20)30-27-26(29)24(32-23-13-7-6-12-22(23)31(37)38)18-25(28(27)33-39-30)35-16-14-34(15-17-35)19-8-2-1-3-9-19/h1-13,18,32H,14-17H2,(H,37,38). The van der Waals surface area contributed by atoms with Gasteiger partial charge in [-0.1, -0.05) is 59.8 Å². The van der Waals surface area contributed by atoms with Crippen molar-refractivity contribution in [3.63, 3.8) is 0 Å². The van der Waals surface area contributed by atoms with Crippen LogP contribution in [-0.2, 0) is 0 Å². The molecule has 0 atom stereocenters. The smallest absolute Gasteiger partial charge is 0.337 e. The monoisotopic (exact) mass is 516 g/mol. The number of hydrogen-bond donors (Lipinski definition) is 2. The van der Waals surface area contributed by atoms with Crippen molar-refractivity contribution in [2.75, 3.05) is 41.3 Å². The van der Waals surface area contributed by atoms with Gasteiger partial charge in [0.1, 0.15) is 5.52 Å². The van der Waals surface area contributed by atoms with E-state index in [1.54, 1.807) is 30.3 Å². The van der Waals surface area contributed by atoms with Crippen molar-refractivity contribution in [1.29, 1.82) is 0 Å². The van der Waals surface area contributed by atoms with Crippen LogP contribution in [0.4, 0.5) is 22.7 Å². The number of anilines is 4. The summed E-state index contributed by atoms with van der Waals surface area (Å²) in [7, 11) is 0. The van der Waals surface area contributed by atoms with E-state index in [1.165, 1.54) is 5.69 Å². The Labute approximate surface area is 224 Å². The number of carboxylic acids is 1. The Balaban J connectivity index is 1.36. The van der Waals surface area contributed by atoms with Crippen molar-refractivity contribution >= 4 is 45.4 Å². The van der Waals surface area contributed by atoms with Crippen LogP contribution in [0.1, 0.15) is 26.3 Å². The fourth-order valence-corrected chi connectivity index (χ4v) is 5.65. The lowest BCUT2D eigenvalue weighted by atomic mass is 9.86. The third kappa shape index (κ3) is 3.72. The summed E-state index contributed by atoms with van der Waals surface area (Å²) < 4.78 is 5.90. The molecule has 1 aliphatic heterocycles. The van der Waals surface area contributed by atoms with Crippen LogP contribution in [0.5, 0.6) is 0 Å². The van der Waals surface area contributed by atoms with Crippen LogP contribution >= 0.6 is 0 Å². The van der Waals surface area contributed by atoms with Crippen LogP contribution in [-0.4, -0.2) is 48.2 Å². The maximum atomic E-state index is 13.9. The SMILES string of the molecule is O=C(O)c1ccccc1Nc1cc(N2CCN(c3ccccc3)CC2)c2noc3c2c1C(=O)c1ccccc1-3. The number of nitrogens with one attached hydrogen (secondary N) is 1. The molecule has 2 aliphatic rings. The van der Waals surface area contributed by atoms with Gasteiger partial charge >= 0.3 is 5.97 Å². The lowest BCUT2D eigenvalue weighted by Gasteiger charge is -2.37. The molecule has 0 unspecified atom stereocenters. The topological polar surface area (TPSA) is 98.9 Å². The minimum Gasteiger partial charge on any atom is -0.478 e. The number of benzene rings is 4. The molecular weight excluding hydrogens is 492 g/mol. The van der Waals surface area contributed by atoms with E-state index in [9.17, 15) is 14.7 Å². The molecule has 192 valence electrons.